The minimum Gasteiger partial charge on any atom is -0.872 e. The van der Waals surface area contributed by atoms with Gasteiger partial charge >= 0.3 is 29.6 Å². The Kier molecular flexibility index (Phi) is 5.94. The van der Waals surface area contributed by atoms with E-state index in [0.29, 0.717) is 16.9 Å². The maximum Gasteiger partial charge on any atom is 1.00 e. The second-order valence-electron chi connectivity index (χ2n) is 5.41. The summed E-state index contributed by atoms with van der Waals surface area (Å²) >= 11 is 0. The molecule has 3 aromatic rings. The van der Waals surface area contributed by atoms with Crippen molar-refractivity contribution >= 4 is 38.2 Å². The molecule has 3 rings (SSSR count). The molecule has 0 spiro atoms. The fraction of sp³-hybridized carbons (Fsp3) is 0. The molecule has 0 atom stereocenters. The molecule has 0 saturated heterocycles. The first-order chi connectivity index (χ1) is 11.7. The first-order valence-electron chi connectivity index (χ1n) is 7.13. The molecule has 0 aromatic heterocycles. The number of rotatable bonds is 3. The van der Waals surface area contributed by atoms with Crippen LogP contribution >= 0.6 is 0 Å². The van der Waals surface area contributed by atoms with E-state index in [1.807, 2.05) is 0 Å². The molecule has 26 heavy (non-hydrogen) atoms. The third kappa shape index (κ3) is 4.35. The minimum atomic E-state index is -4.50. The van der Waals surface area contributed by atoms with Crippen molar-refractivity contribution in [3.05, 3.63) is 60.2 Å². The van der Waals surface area contributed by atoms with Crippen molar-refractivity contribution in [3.8, 4) is 5.75 Å². The third-order valence-electron chi connectivity index (χ3n) is 3.62. The van der Waals surface area contributed by atoms with Crippen molar-refractivity contribution in [1.82, 2.24) is 0 Å². The SMILES string of the molecule is Nc1ccc(C(=O)Nc2ccc3c([O-])cc(S(=O)(=O)O)cc3c2)cc1.[Na+]. The molecule has 4 N–H and O–H groups in total. The van der Waals surface area contributed by atoms with Gasteiger partial charge in [-0.15, -0.1) is 0 Å². The predicted octanol–water partition coefficient (Wildman–Crippen LogP) is -1.00. The van der Waals surface area contributed by atoms with Crippen LogP contribution in [0.2, 0.25) is 0 Å². The van der Waals surface area contributed by atoms with Crippen LogP contribution < -0.4 is 45.7 Å². The van der Waals surface area contributed by atoms with Gasteiger partial charge in [0.05, 0.1) is 4.90 Å². The summed E-state index contributed by atoms with van der Waals surface area (Å²) in [4.78, 5) is 11.7. The van der Waals surface area contributed by atoms with Crippen LogP contribution in [0.4, 0.5) is 11.4 Å². The Hall–Kier alpha value is -2.10. The van der Waals surface area contributed by atoms with Crippen LogP contribution in [0.3, 0.4) is 0 Å². The summed E-state index contributed by atoms with van der Waals surface area (Å²) in [5, 5.41) is 15.2. The number of hydrogen-bond acceptors (Lipinski definition) is 5. The van der Waals surface area contributed by atoms with Gasteiger partial charge in [-0.05, 0) is 59.3 Å². The molecule has 1 amide bonds. The molecule has 0 radical (unpaired) electrons. The molecule has 0 unspecified atom stereocenters. The zero-order chi connectivity index (χ0) is 18.2. The number of hydrogen-bond donors (Lipinski definition) is 3. The monoisotopic (exact) mass is 380 g/mol. The largest absolute Gasteiger partial charge is 1.00 e. The van der Waals surface area contributed by atoms with Gasteiger partial charge in [0.2, 0.25) is 0 Å². The van der Waals surface area contributed by atoms with Gasteiger partial charge in [0, 0.05) is 16.9 Å². The van der Waals surface area contributed by atoms with E-state index in [0.717, 1.165) is 6.07 Å². The Labute approximate surface area is 171 Å². The Morgan fingerprint density at radius 2 is 1.69 bits per heavy atom. The van der Waals surface area contributed by atoms with Crippen LogP contribution in [0.5, 0.6) is 5.75 Å². The Balaban J connectivity index is 0.00000243. The van der Waals surface area contributed by atoms with Crippen molar-refractivity contribution in [1.29, 1.82) is 0 Å². The summed E-state index contributed by atoms with van der Waals surface area (Å²) in [7, 11) is -4.50. The average Bonchev–Trinajstić information content (AvgIpc) is 2.54. The Morgan fingerprint density at radius 3 is 2.31 bits per heavy atom. The van der Waals surface area contributed by atoms with E-state index in [4.69, 9.17) is 10.3 Å². The van der Waals surface area contributed by atoms with Gasteiger partial charge in [-0.1, -0.05) is 11.8 Å². The smallest absolute Gasteiger partial charge is 0.872 e. The Bertz CT molecular complexity index is 1080. The molecule has 7 nitrogen and oxygen atoms in total. The molecule has 0 aliphatic rings. The molecule has 128 valence electrons. The molecular formula is C17H13N2NaO5S. The number of fused-ring (bicyclic) bond motifs is 1. The normalized spacial score (nSPS) is 11.0. The number of nitrogen functional groups attached to an aromatic ring is 1. The fourth-order valence-corrected chi connectivity index (χ4v) is 2.90. The molecule has 9 heteroatoms. The summed E-state index contributed by atoms with van der Waals surface area (Å²) in [5.41, 5.74) is 6.87. The first kappa shape index (κ1) is 20.2. The average molecular weight is 380 g/mol. The van der Waals surface area contributed by atoms with Gasteiger partial charge < -0.3 is 16.2 Å². The van der Waals surface area contributed by atoms with E-state index < -0.39 is 20.8 Å². The number of benzene rings is 3. The van der Waals surface area contributed by atoms with E-state index in [-0.39, 0.29) is 46.2 Å². The number of carbonyl (C=O) groups excluding carboxylic acids is 1. The molecule has 3 aromatic carbocycles. The van der Waals surface area contributed by atoms with E-state index in [1.165, 1.54) is 24.3 Å². The summed E-state index contributed by atoms with van der Waals surface area (Å²) in [6, 6.07) is 12.8. The molecule has 0 bridgehead atoms. The van der Waals surface area contributed by atoms with Crippen LogP contribution in [0.1, 0.15) is 10.4 Å². The quantitative estimate of drug-likeness (QED) is 0.303. The fourth-order valence-electron chi connectivity index (χ4n) is 2.37. The molecule has 0 aliphatic heterocycles. The number of nitrogens with one attached hydrogen (secondary N) is 1. The van der Waals surface area contributed by atoms with Gasteiger partial charge in [-0.25, -0.2) is 0 Å². The van der Waals surface area contributed by atoms with Crippen LogP contribution in [0.25, 0.3) is 10.8 Å². The van der Waals surface area contributed by atoms with Crippen molar-refractivity contribution in [2.75, 3.05) is 11.1 Å². The minimum absolute atomic E-state index is 0. The third-order valence-corrected chi connectivity index (χ3v) is 4.45. The van der Waals surface area contributed by atoms with Gasteiger partial charge in [0.15, 0.2) is 0 Å². The van der Waals surface area contributed by atoms with Gasteiger partial charge in [0.1, 0.15) is 0 Å². The van der Waals surface area contributed by atoms with E-state index in [1.54, 1.807) is 24.3 Å². The molecule has 0 aliphatic carbocycles. The number of carbonyl (C=O) groups is 1. The zero-order valence-corrected chi connectivity index (χ0v) is 16.6. The van der Waals surface area contributed by atoms with Crippen molar-refractivity contribution < 1.29 is 52.4 Å². The van der Waals surface area contributed by atoms with Gasteiger partial charge in [-0.3, -0.25) is 9.35 Å². The van der Waals surface area contributed by atoms with Crippen molar-refractivity contribution in [2.45, 2.75) is 4.90 Å². The molecule has 0 fully saturated rings. The maximum atomic E-state index is 12.2. The summed E-state index contributed by atoms with van der Waals surface area (Å²) in [6.07, 6.45) is 0. The summed E-state index contributed by atoms with van der Waals surface area (Å²) in [5.74, 6) is -0.922. The zero-order valence-electron chi connectivity index (χ0n) is 13.8. The summed E-state index contributed by atoms with van der Waals surface area (Å²) < 4.78 is 31.6. The summed E-state index contributed by atoms with van der Waals surface area (Å²) in [6.45, 7) is 0. The number of nitrogens with two attached hydrogens (primary N) is 1. The van der Waals surface area contributed by atoms with E-state index in [9.17, 15) is 18.3 Å². The second kappa shape index (κ2) is 7.65. The number of anilines is 2. The van der Waals surface area contributed by atoms with Crippen LogP contribution in [-0.2, 0) is 10.1 Å². The van der Waals surface area contributed by atoms with Crippen LogP contribution in [-0.4, -0.2) is 18.9 Å². The first-order valence-corrected chi connectivity index (χ1v) is 8.57. The van der Waals surface area contributed by atoms with E-state index >= 15 is 0 Å². The van der Waals surface area contributed by atoms with Crippen molar-refractivity contribution in [3.63, 3.8) is 0 Å². The topological polar surface area (TPSA) is 133 Å². The second-order valence-corrected chi connectivity index (χ2v) is 6.83. The van der Waals surface area contributed by atoms with Gasteiger partial charge in [-0.2, -0.15) is 8.42 Å². The van der Waals surface area contributed by atoms with Crippen molar-refractivity contribution in [2.24, 2.45) is 0 Å². The van der Waals surface area contributed by atoms with Crippen LogP contribution in [0.15, 0.2) is 59.5 Å². The standard InChI is InChI=1S/C17H14N2O5S.Na/c18-12-3-1-10(2-4-12)17(21)19-13-5-6-15-11(7-13)8-14(9-16(15)20)25(22,23)24;/h1-9,20H,18H2,(H,19,21)(H,22,23,24);/q;+1/p-1. The number of amides is 1. The van der Waals surface area contributed by atoms with Crippen LogP contribution in [0, 0.1) is 0 Å². The Morgan fingerprint density at radius 1 is 1.04 bits per heavy atom. The predicted molar refractivity (Wildman–Crippen MR) is 92.0 cm³/mol. The van der Waals surface area contributed by atoms with Gasteiger partial charge in [0.25, 0.3) is 16.0 Å². The molecule has 0 heterocycles. The molecular weight excluding hydrogens is 367 g/mol. The maximum absolute atomic E-state index is 12.2. The molecule has 0 saturated carbocycles. The van der Waals surface area contributed by atoms with E-state index in [2.05, 4.69) is 5.32 Å².